The third-order valence-corrected chi connectivity index (χ3v) is 6.98. The molecule has 0 bridgehead atoms. The van der Waals surface area contributed by atoms with Gasteiger partial charge in [-0.05, 0) is 61.4 Å². The number of rotatable bonds is 5. The summed E-state index contributed by atoms with van der Waals surface area (Å²) in [6.45, 7) is 4.61. The predicted octanol–water partition coefficient (Wildman–Crippen LogP) is 4.78. The van der Waals surface area contributed by atoms with Crippen molar-refractivity contribution in [1.82, 2.24) is 0 Å². The van der Waals surface area contributed by atoms with Gasteiger partial charge >= 0.3 is 0 Å². The Morgan fingerprint density at radius 2 is 1.72 bits per heavy atom. The number of ether oxygens (including phenoxy) is 2. The lowest BCUT2D eigenvalue weighted by Crippen LogP contribution is -2.18. The molecule has 0 spiro atoms. The highest BCUT2D eigenvalue weighted by Gasteiger charge is 2.22. The molecule has 3 aromatic rings. The van der Waals surface area contributed by atoms with E-state index >= 15 is 0 Å². The molecule has 1 aliphatic heterocycles. The van der Waals surface area contributed by atoms with Crippen molar-refractivity contribution in [3.8, 4) is 11.5 Å². The summed E-state index contributed by atoms with van der Waals surface area (Å²) in [6, 6.07) is 14.5. The van der Waals surface area contributed by atoms with Crippen LogP contribution < -0.4 is 19.5 Å². The fourth-order valence-electron chi connectivity index (χ4n) is 3.24. The van der Waals surface area contributed by atoms with E-state index in [1.165, 1.54) is 18.2 Å². The molecule has 0 atom stereocenters. The molecule has 1 aliphatic rings. The zero-order chi connectivity index (χ0) is 22.9. The van der Waals surface area contributed by atoms with Gasteiger partial charge in [0, 0.05) is 17.3 Å². The number of fused-ring (bicyclic) bond motifs is 1. The van der Waals surface area contributed by atoms with Crippen LogP contribution in [-0.4, -0.2) is 27.5 Å². The Balaban J connectivity index is 1.59. The highest BCUT2D eigenvalue weighted by molar-refractivity contribution is 7.92. The summed E-state index contributed by atoms with van der Waals surface area (Å²) in [5, 5.41) is 2.75. The van der Waals surface area contributed by atoms with E-state index in [0.29, 0.717) is 36.1 Å². The molecule has 1 amide bonds. The number of carbonyl (C=O) groups is 1. The zero-order valence-electron chi connectivity index (χ0n) is 17.4. The predicted molar refractivity (Wildman–Crippen MR) is 124 cm³/mol. The number of anilines is 2. The van der Waals surface area contributed by atoms with Gasteiger partial charge in [-0.3, -0.25) is 9.52 Å². The van der Waals surface area contributed by atoms with Crippen LogP contribution in [0.25, 0.3) is 0 Å². The van der Waals surface area contributed by atoms with Gasteiger partial charge in [0.2, 0.25) is 0 Å². The first-order valence-corrected chi connectivity index (χ1v) is 11.7. The highest BCUT2D eigenvalue weighted by atomic mass is 35.5. The summed E-state index contributed by atoms with van der Waals surface area (Å²) >= 11 is 6.18. The number of aryl methyl sites for hydroxylation is 1. The monoisotopic (exact) mass is 472 g/mol. The standard InChI is InChI=1S/C23H21ClN2O5S/c1-14-4-3-5-19(15(14)2)26-32(28,29)22-12-16(6-8-18(22)24)23(27)25-17-7-9-20-21(13-17)31-11-10-30-20/h3-9,12-13,26H,10-11H2,1-2H3,(H,25,27). The van der Waals surface area contributed by atoms with Crippen LogP contribution in [0.15, 0.2) is 59.5 Å². The Morgan fingerprint density at radius 3 is 2.50 bits per heavy atom. The van der Waals surface area contributed by atoms with E-state index in [0.717, 1.165) is 11.1 Å². The minimum Gasteiger partial charge on any atom is -0.486 e. The van der Waals surface area contributed by atoms with E-state index in [1.54, 1.807) is 30.3 Å². The van der Waals surface area contributed by atoms with Gasteiger partial charge in [0.1, 0.15) is 18.1 Å². The number of hydrogen-bond acceptors (Lipinski definition) is 5. The molecule has 0 saturated heterocycles. The molecule has 1 heterocycles. The summed E-state index contributed by atoms with van der Waals surface area (Å²) < 4.78 is 39.6. The second-order valence-corrected chi connectivity index (χ2v) is 9.37. The minimum atomic E-state index is -4.02. The van der Waals surface area contributed by atoms with Gasteiger partial charge in [-0.25, -0.2) is 8.42 Å². The van der Waals surface area contributed by atoms with Crippen LogP contribution in [0.5, 0.6) is 11.5 Å². The quantitative estimate of drug-likeness (QED) is 0.557. The summed E-state index contributed by atoms with van der Waals surface area (Å²) in [5.74, 6) is 0.652. The number of nitrogens with one attached hydrogen (secondary N) is 2. The molecule has 0 aliphatic carbocycles. The fraction of sp³-hybridized carbons (Fsp3) is 0.174. The minimum absolute atomic E-state index is 0.0127. The average Bonchev–Trinajstić information content (AvgIpc) is 2.77. The molecule has 32 heavy (non-hydrogen) atoms. The molecule has 166 valence electrons. The topological polar surface area (TPSA) is 93.7 Å². The second-order valence-electron chi connectivity index (χ2n) is 7.31. The van der Waals surface area contributed by atoms with Crippen LogP contribution in [0.2, 0.25) is 5.02 Å². The molecule has 0 unspecified atom stereocenters. The molecule has 0 saturated carbocycles. The number of hydrogen-bond donors (Lipinski definition) is 2. The van der Waals surface area contributed by atoms with E-state index in [4.69, 9.17) is 21.1 Å². The molecule has 0 radical (unpaired) electrons. The van der Waals surface area contributed by atoms with Crippen LogP contribution in [0.3, 0.4) is 0 Å². The average molecular weight is 473 g/mol. The molecular formula is C23H21ClN2O5S. The summed E-state index contributed by atoms with van der Waals surface area (Å²) in [7, 11) is -4.02. The van der Waals surface area contributed by atoms with Gasteiger partial charge in [-0.1, -0.05) is 23.7 Å². The van der Waals surface area contributed by atoms with E-state index < -0.39 is 15.9 Å². The lowest BCUT2D eigenvalue weighted by atomic mass is 10.1. The van der Waals surface area contributed by atoms with Gasteiger partial charge in [0.25, 0.3) is 15.9 Å². The van der Waals surface area contributed by atoms with Gasteiger partial charge in [0.05, 0.1) is 10.7 Å². The Morgan fingerprint density at radius 1 is 0.969 bits per heavy atom. The molecule has 2 N–H and O–H groups in total. The molecule has 7 nitrogen and oxygen atoms in total. The largest absolute Gasteiger partial charge is 0.486 e. The first kappa shape index (κ1) is 22.0. The fourth-order valence-corrected chi connectivity index (χ4v) is 4.89. The van der Waals surface area contributed by atoms with Crippen molar-refractivity contribution < 1.29 is 22.7 Å². The molecule has 9 heteroatoms. The van der Waals surface area contributed by atoms with E-state index in [-0.39, 0.29) is 15.5 Å². The molecule has 0 fully saturated rings. The van der Waals surface area contributed by atoms with Crippen LogP contribution in [0.1, 0.15) is 21.5 Å². The number of halogens is 1. The van der Waals surface area contributed by atoms with Crippen LogP contribution in [0, 0.1) is 13.8 Å². The smallest absolute Gasteiger partial charge is 0.263 e. The Hall–Kier alpha value is -3.23. The third-order valence-electron chi connectivity index (χ3n) is 5.13. The highest BCUT2D eigenvalue weighted by Crippen LogP contribution is 2.33. The van der Waals surface area contributed by atoms with Crippen LogP contribution in [0.4, 0.5) is 11.4 Å². The van der Waals surface area contributed by atoms with Crippen molar-refractivity contribution in [2.24, 2.45) is 0 Å². The van der Waals surface area contributed by atoms with Crippen molar-refractivity contribution in [3.63, 3.8) is 0 Å². The van der Waals surface area contributed by atoms with Crippen LogP contribution in [-0.2, 0) is 10.0 Å². The lowest BCUT2D eigenvalue weighted by Gasteiger charge is -2.19. The van der Waals surface area contributed by atoms with E-state index in [1.807, 2.05) is 19.9 Å². The normalized spacial score (nSPS) is 12.8. The van der Waals surface area contributed by atoms with Crippen molar-refractivity contribution in [1.29, 1.82) is 0 Å². The molecular weight excluding hydrogens is 452 g/mol. The maximum atomic E-state index is 13.0. The van der Waals surface area contributed by atoms with Gasteiger partial charge < -0.3 is 14.8 Å². The number of sulfonamides is 1. The van der Waals surface area contributed by atoms with Gasteiger partial charge in [-0.15, -0.1) is 0 Å². The molecule has 3 aromatic carbocycles. The first-order valence-electron chi connectivity index (χ1n) is 9.84. The summed E-state index contributed by atoms with van der Waals surface area (Å²) in [4.78, 5) is 12.6. The Bertz CT molecular complexity index is 1310. The van der Waals surface area contributed by atoms with Crippen molar-refractivity contribution in [2.45, 2.75) is 18.7 Å². The third kappa shape index (κ3) is 4.51. The first-order chi connectivity index (χ1) is 15.2. The maximum absolute atomic E-state index is 13.0. The van der Waals surface area contributed by atoms with E-state index in [2.05, 4.69) is 10.0 Å². The number of benzene rings is 3. The van der Waals surface area contributed by atoms with Crippen molar-refractivity contribution in [3.05, 3.63) is 76.3 Å². The van der Waals surface area contributed by atoms with Gasteiger partial charge in [0.15, 0.2) is 11.5 Å². The summed E-state index contributed by atoms with van der Waals surface area (Å²) in [6.07, 6.45) is 0. The molecule has 4 rings (SSSR count). The maximum Gasteiger partial charge on any atom is 0.263 e. The van der Waals surface area contributed by atoms with Crippen molar-refractivity contribution in [2.75, 3.05) is 23.3 Å². The summed E-state index contributed by atoms with van der Waals surface area (Å²) in [5.41, 5.74) is 2.84. The lowest BCUT2D eigenvalue weighted by molar-refractivity contribution is 0.102. The zero-order valence-corrected chi connectivity index (χ0v) is 19.0. The Kier molecular flexibility index (Phi) is 5.99. The second kappa shape index (κ2) is 8.72. The number of carbonyl (C=O) groups excluding carboxylic acids is 1. The Labute approximate surface area is 191 Å². The molecule has 0 aromatic heterocycles. The van der Waals surface area contributed by atoms with Crippen molar-refractivity contribution >= 4 is 38.9 Å². The van der Waals surface area contributed by atoms with Gasteiger partial charge in [-0.2, -0.15) is 0 Å². The van der Waals surface area contributed by atoms with E-state index in [9.17, 15) is 13.2 Å². The SMILES string of the molecule is Cc1cccc(NS(=O)(=O)c2cc(C(=O)Nc3ccc4c(c3)OCCO4)ccc2Cl)c1C. The van der Waals surface area contributed by atoms with Crippen LogP contribution >= 0.6 is 11.6 Å². The number of amides is 1.